The first-order valence-electron chi connectivity index (χ1n) is 7.27. The number of hydrogen-bond acceptors (Lipinski definition) is 4. The number of rotatable bonds is 0. The SMILES string of the molecule is Cn1c2c(c(=O)n(C)c1=O)C1(C)Oc3c(Cl)cccc3C1CS2. The second kappa shape index (κ2) is 4.68. The van der Waals surface area contributed by atoms with Crippen molar-refractivity contribution in [3.05, 3.63) is 55.2 Å². The summed E-state index contributed by atoms with van der Waals surface area (Å²) >= 11 is 7.80. The molecule has 0 fully saturated rings. The van der Waals surface area contributed by atoms with E-state index >= 15 is 0 Å². The zero-order valence-corrected chi connectivity index (χ0v) is 14.5. The number of thioether (sulfide) groups is 1. The lowest BCUT2D eigenvalue weighted by atomic mass is 9.82. The van der Waals surface area contributed by atoms with Crippen molar-refractivity contribution in [2.24, 2.45) is 14.1 Å². The number of ether oxygens (including phenoxy) is 1. The molecule has 2 aliphatic rings. The Hall–Kier alpha value is -1.66. The Morgan fingerprint density at radius 1 is 1.30 bits per heavy atom. The second-order valence-electron chi connectivity index (χ2n) is 6.12. The molecule has 2 aromatic rings. The monoisotopic (exact) mass is 350 g/mol. The van der Waals surface area contributed by atoms with Gasteiger partial charge in [0.1, 0.15) is 11.4 Å². The van der Waals surface area contributed by atoms with Gasteiger partial charge < -0.3 is 4.74 Å². The molecule has 1 aromatic heterocycles. The lowest BCUT2D eigenvalue weighted by Gasteiger charge is -2.36. The molecule has 1 aromatic carbocycles. The van der Waals surface area contributed by atoms with Crippen molar-refractivity contribution in [3.63, 3.8) is 0 Å². The van der Waals surface area contributed by atoms with Crippen LogP contribution < -0.4 is 16.0 Å². The van der Waals surface area contributed by atoms with E-state index in [2.05, 4.69) is 0 Å². The maximum absolute atomic E-state index is 12.8. The molecule has 5 nitrogen and oxygen atoms in total. The maximum Gasteiger partial charge on any atom is 0.331 e. The number of halogens is 1. The van der Waals surface area contributed by atoms with E-state index in [1.807, 2.05) is 19.1 Å². The van der Waals surface area contributed by atoms with Gasteiger partial charge in [-0.15, -0.1) is 11.8 Å². The third kappa shape index (κ3) is 1.76. The van der Waals surface area contributed by atoms with Crippen LogP contribution >= 0.6 is 23.4 Å². The van der Waals surface area contributed by atoms with Gasteiger partial charge in [0.05, 0.1) is 15.6 Å². The van der Waals surface area contributed by atoms with Gasteiger partial charge in [-0.1, -0.05) is 23.7 Å². The van der Waals surface area contributed by atoms with Gasteiger partial charge in [0.15, 0.2) is 0 Å². The Bertz CT molecular complexity index is 965. The van der Waals surface area contributed by atoms with Crippen LogP contribution in [-0.4, -0.2) is 14.9 Å². The molecule has 4 rings (SSSR count). The minimum absolute atomic E-state index is 0.0268. The summed E-state index contributed by atoms with van der Waals surface area (Å²) in [5.41, 5.74) is 0.127. The molecule has 2 unspecified atom stereocenters. The summed E-state index contributed by atoms with van der Waals surface area (Å²) in [5, 5.41) is 1.23. The van der Waals surface area contributed by atoms with Crippen LogP contribution in [0.3, 0.4) is 0 Å². The molecule has 2 aliphatic heterocycles. The molecule has 0 N–H and O–H groups in total. The molecule has 120 valence electrons. The molecule has 0 amide bonds. The average Bonchev–Trinajstić information content (AvgIpc) is 2.83. The highest BCUT2D eigenvalue weighted by Crippen LogP contribution is 2.57. The Morgan fingerprint density at radius 2 is 2.04 bits per heavy atom. The fourth-order valence-corrected chi connectivity index (χ4v) is 5.29. The Labute approximate surface area is 141 Å². The summed E-state index contributed by atoms with van der Waals surface area (Å²) in [5.74, 6) is 1.40. The molecule has 0 spiro atoms. The second-order valence-corrected chi connectivity index (χ2v) is 7.53. The van der Waals surface area contributed by atoms with Crippen LogP contribution in [-0.2, 0) is 19.7 Å². The predicted octanol–water partition coefficient (Wildman–Crippen LogP) is 2.23. The Balaban J connectivity index is 2.05. The van der Waals surface area contributed by atoms with Crippen LogP contribution in [0.1, 0.15) is 24.0 Å². The standard InChI is InChI=1S/C16H15ClN2O3S/c1-16-9(8-5-4-6-10(17)12(8)22-16)7-23-14-11(16)13(20)18(2)15(21)19(14)3/h4-6,9H,7H2,1-3H3. The summed E-state index contributed by atoms with van der Waals surface area (Å²) in [7, 11) is 3.18. The summed E-state index contributed by atoms with van der Waals surface area (Å²) in [4.78, 5) is 25.0. The molecule has 0 saturated heterocycles. The van der Waals surface area contributed by atoms with Crippen molar-refractivity contribution >= 4 is 23.4 Å². The van der Waals surface area contributed by atoms with Gasteiger partial charge in [0.25, 0.3) is 5.56 Å². The first-order valence-corrected chi connectivity index (χ1v) is 8.63. The van der Waals surface area contributed by atoms with Gasteiger partial charge >= 0.3 is 5.69 Å². The van der Waals surface area contributed by atoms with Crippen molar-refractivity contribution < 1.29 is 4.74 Å². The molecule has 3 heterocycles. The van der Waals surface area contributed by atoms with E-state index < -0.39 is 5.60 Å². The quantitative estimate of drug-likeness (QED) is 0.684. The first-order chi connectivity index (χ1) is 10.9. The maximum atomic E-state index is 12.8. The number of benzene rings is 1. The first kappa shape index (κ1) is 14.9. The van der Waals surface area contributed by atoms with E-state index in [1.54, 1.807) is 13.1 Å². The molecular weight excluding hydrogens is 336 g/mol. The Morgan fingerprint density at radius 3 is 2.78 bits per heavy atom. The minimum Gasteiger partial charge on any atom is -0.480 e. The van der Waals surface area contributed by atoms with E-state index in [0.29, 0.717) is 21.4 Å². The zero-order chi connectivity index (χ0) is 16.5. The fraction of sp³-hybridized carbons (Fsp3) is 0.375. The van der Waals surface area contributed by atoms with Gasteiger partial charge in [-0.3, -0.25) is 13.9 Å². The largest absolute Gasteiger partial charge is 0.480 e. The van der Waals surface area contributed by atoms with E-state index in [9.17, 15) is 9.59 Å². The van der Waals surface area contributed by atoms with Gasteiger partial charge in [-0.05, 0) is 13.0 Å². The highest BCUT2D eigenvalue weighted by atomic mass is 35.5. The fourth-order valence-electron chi connectivity index (χ4n) is 3.54. The van der Waals surface area contributed by atoms with Crippen molar-refractivity contribution in [1.82, 2.24) is 9.13 Å². The highest BCUT2D eigenvalue weighted by molar-refractivity contribution is 7.99. The van der Waals surface area contributed by atoms with Gasteiger partial charge in [-0.25, -0.2) is 4.79 Å². The van der Waals surface area contributed by atoms with Crippen LogP contribution in [0.5, 0.6) is 5.75 Å². The van der Waals surface area contributed by atoms with Crippen LogP contribution in [0.4, 0.5) is 0 Å². The third-order valence-corrected chi connectivity index (χ3v) is 6.39. The number of para-hydroxylation sites is 1. The van der Waals surface area contributed by atoms with Crippen LogP contribution in [0, 0.1) is 0 Å². The van der Waals surface area contributed by atoms with E-state index in [0.717, 1.165) is 15.9 Å². The van der Waals surface area contributed by atoms with Crippen molar-refractivity contribution in [2.75, 3.05) is 5.75 Å². The number of nitrogens with zero attached hydrogens (tertiary/aromatic N) is 2. The van der Waals surface area contributed by atoms with Gasteiger partial charge in [-0.2, -0.15) is 0 Å². The van der Waals surface area contributed by atoms with Gasteiger partial charge in [0.2, 0.25) is 0 Å². The summed E-state index contributed by atoms with van der Waals surface area (Å²) in [6.45, 7) is 1.92. The Kier molecular flexibility index (Phi) is 3.03. The van der Waals surface area contributed by atoms with Crippen molar-refractivity contribution in [3.8, 4) is 5.75 Å². The molecule has 0 radical (unpaired) electrons. The molecule has 7 heteroatoms. The zero-order valence-electron chi connectivity index (χ0n) is 12.9. The van der Waals surface area contributed by atoms with Gasteiger partial charge in [0, 0.05) is 31.3 Å². The number of fused-ring (bicyclic) bond motifs is 5. The molecule has 0 bridgehead atoms. The number of hydrogen-bond donors (Lipinski definition) is 0. The molecule has 0 aliphatic carbocycles. The molecule has 2 atom stereocenters. The summed E-state index contributed by atoms with van der Waals surface area (Å²) < 4.78 is 8.88. The predicted molar refractivity (Wildman–Crippen MR) is 89.8 cm³/mol. The van der Waals surface area contributed by atoms with E-state index in [4.69, 9.17) is 16.3 Å². The lowest BCUT2D eigenvalue weighted by Crippen LogP contribution is -2.49. The lowest BCUT2D eigenvalue weighted by molar-refractivity contribution is 0.0841. The molecule has 23 heavy (non-hydrogen) atoms. The summed E-state index contributed by atoms with van der Waals surface area (Å²) in [6, 6.07) is 5.68. The normalized spacial score (nSPS) is 24.6. The third-order valence-electron chi connectivity index (χ3n) is 4.85. The number of aromatic nitrogens is 2. The van der Waals surface area contributed by atoms with Crippen LogP contribution in [0.25, 0.3) is 0 Å². The topological polar surface area (TPSA) is 53.2 Å². The molecule has 0 saturated carbocycles. The van der Waals surface area contributed by atoms with Crippen molar-refractivity contribution in [2.45, 2.75) is 23.5 Å². The van der Waals surface area contributed by atoms with E-state index in [1.165, 1.54) is 23.4 Å². The van der Waals surface area contributed by atoms with E-state index in [-0.39, 0.29) is 17.2 Å². The minimum atomic E-state index is -0.811. The van der Waals surface area contributed by atoms with Crippen LogP contribution in [0.2, 0.25) is 5.02 Å². The van der Waals surface area contributed by atoms with Crippen LogP contribution in [0.15, 0.2) is 32.8 Å². The smallest absolute Gasteiger partial charge is 0.331 e. The highest BCUT2D eigenvalue weighted by Gasteiger charge is 2.52. The van der Waals surface area contributed by atoms with Crippen molar-refractivity contribution in [1.29, 1.82) is 0 Å². The average molecular weight is 351 g/mol. The molecular formula is C16H15ClN2O3S. The summed E-state index contributed by atoms with van der Waals surface area (Å²) in [6.07, 6.45) is 0.